The fourth-order valence-corrected chi connectivity index (χ4v) is 3.91. The van der Waals surface area contributed by atoms with Gasteiger partial charge in [-0.25, -0.2) is 0 Å². The first-order chi connectivity index (χ1) is 13.3. The van der Waals surface area contributed by atoms with E-state index in [-0.39, 0.29) is 5.91 Å². The zero-order valence-electron chi connectivity index (χ0n) is 15.7. The molecule has 3 aromatic rings. The molecule has 0 saturated carbocycles. The van der Waals surface area contributed by atoms with Crippen molar-refractivity contribution in [3.8, 4) is 0 Å². The standard InChI is InChI=1S/C24H26N2O/c27-24(18-20-10-7-9-19-8-3-4-11-23(19)20)25-21-12-14-22(15-13-21)26-16-5-1-2-6-17-26/h3-4,7-15H,1-2,5-6,16-18H2,(H,25,27). The highest BCUT2D eigenvalue weighted by Gasteiger charge is 2.11. The number of anilines is 2. The summed E-state index contributed by atoms with van der Waals surface area (Å²) >= 11 is 0. The van der Waals surface area contributed by atoms with Crippen LogP contribution in [0.15, 0.2) is 66.7 Å². The predicted octanol–water partition coefficient (Wildman–Crippen LogP) is 5.40. The molecule has 1 aliphatic rings. The van der Waals surface area contributed by atoms with E-state index in [1.54, 1.807) is 0 Å². The molecule has 3 aromatic carbocycles. The number of amides is 1. The van der Waals surface area contributed by atoms with E-state index in [0.29, 0.717) is 6.42 Å². The number of hydrogen-bond donors (Lipinski definition) is 1. The molecule has 1 heterocycles. The summed E-state index contributed by atoms with van der Waals surface area (Å²) in [5.74, 6) is 0.0221. The molecule has 0 aromatic heterocycles. The van der Waals surface area contributed by atoms with Crippen LogP contribution in [-0.2, 0) is 11.2 Å². The van der Waals surface area contributed by atoms with Crippen LogP contribution in [-0.4, -0.2) is 19.0 Å². The Balaban J connectivity index is 1.42. The van der Waals surface area contributed by atoms with E-state index in [2.05, 4.69) is 40.5 Å². The second-order valence-corrected chi connectivity index (χ2v) is 7.31. The highest BCUT2D eigenvalue weighted by atomic mass is 16.1. The highest BCUT2D eigenvalue weighted by Crippen LogP contribution is 2.22. The van der Waals surface area contributed by atoms with Gasteiger partial charge in [0.2, 0.25) is 5.91 Å². The van der Waals surface area contributed by atoms with Crippen LogP contribution in [0.5, 0.6) is 0 Å². The molecule has 0 unspecified atom stereocenters. The number of carbonyl (C=O) groups excluding carboxylic acids is 1. The molecule has 0 aliphatic carbocycles. The van der Waals surface area contributed by atoms with Gasteiger partial charge < -0.3 is 10.2 Å². The van der Waals surface area contributed by atoms with Gasteiger partial charge in [-0.05, 0) is 53.4 Å². The monoisotopic (exact) mass is 358 g/mol. The second-order valence-electron chi connectivity index (χ2n) is 7.31. The van der Waals surface area contributed by atoms with Gasteiger partial charge in [-0.15, -0.1) is 0 Å². The Kier molecular flexibility index (Phi) is 5.38. The number of hydrogen-bond acceptors (Lipinski definition) is 2. The Hall–Kier alpha value is -2.81. The number of nitrogens with one attached hydrogen (secondary N) is 1. The molecule has 3 heteroatoms. The first kappa shape index (κ1) is 17.6. The molecule has 1 N–H and O–H groups in total. The van der Waals surface area contributed by atoms with E-state index in [1.807, 2.05) is 36.4 Å². The van der Waals surface area contributed by atoms with E-state index < -0.39 is 0 Å². The Morgan fingerprint density at radius 3 is 2.30 bits per heavy atom. The summed E-state index contributed by atoms with van der Waals surface area (Å²) in [6, 6.07) is 22.6. The number of fused-ring (bicyclic) bond motifs is 1. The lowest BCUT2D eigenvalue weighted by atomic mass is 10.0. The predicted molar refractivity (Wildman–Crippen MR) is 113 cm³/mol. The van der Waals surface area contributed by atoms with Crippen molar-refractivity contribution in [2.75, 3.05) is 23.3 Å². The third kappa shape index (κ3) is 4.30. The van der Waals surface area contributed by atoms with E-state index in [1.165, 1.54) is 36.8 Å². The summed E-state index contributed by atoms with van der Waals surface area (Å²) in [7, 11) is 0. The van der Waals surface area contributed by atoms with Crippen molar-refractivity contribution in [3.05, 3.63) is 72.3 Å². The van der Waals surface area contributed by atoms with Gasteiger partial charge in [-0.2, -0.15) is 0 Å². The van der Waals surface area contributed by atoms with E-state index >= 15 is 0 Å². The van der Waals surface area contributed by atoms with Crippen LogP contribution in [0, 0.1) is 0 Å². The topological polar surface area (TPSA) is 32.3 Å². The lowest BCUT2D eigenvalue weighted by Crippen LogP contribution is -2.23. The summed E-state index contributed by atoms with van der Waals surface area (Å²) in [5, 5.41) is 5.36. The van der Waals surface area contributed by atoms with Crippen LogP contribution < -0.4 is 10.2 Å². The van der Waals surface area contributed by atoms with Crippen LogP contribution in [0.2, 0.25) is 0 Å². The molecule has 27 heavy (non-hydrogen) atoms. The second kappa shape index (κ2) is 8.26. The van der Waals surface area contributed by atoms with Crippen molar-refractivity contribution in [2.24, 2.45) is 0 Å². The van der Waals surface area contributed by atoms with Crippen molar-refractivity contribution in [1.82, 2.24) is 0 Å². The van der Waals surface area contributed by atoms with Crippen LogP contribution in [0.1, 0.15) is 31.2 Å². The van der Waals surface area contributed by atoms with Crippen LogP contribution in [0.4, 0.5) is 11.4 Å². The molecule has 4 rings (SSSR count). The van der Waals surface area contributed by atoms with Crippen LogP contribution >= 0.6 is 0 Å². The van der Waals surface area contributed by atoms with Crippen LogP contribution in [0.25, 0.3) is 10.8 Å². The van der Waals surface area contributed by atoms with E-state index in [9.17, 15) is 4.79 Å². The molecular formula is C24H26N2O. The highest BCUT2D eigenvalue weighted by molar-refractivity contribution is 5.96. The molecule has 1 saturated heterocycles. The zero-order chi connectivity index (χ0) is 18.5. The lowest BCUT2D eigenvalue weighted by Gasteiger charge is -2.22. The first-order valence-corrected chi connectivity index (χ1v) is 9.91. The fraction of sp³-hybridized carbons (Fsp3) is 0.292. The average molecular weight is 358 g/mol. The van der Waals surface area contributed by atoms with E-state index in [0.717, 1.165) is 29.7 Å². The number of carbonyl (C=O) groups is 1. The molecule has 0 spiro atoms. The van der Waals surface area contributed by atoms with Gasteiger partial charge in [0.15, 0.2) is 0 Å². The quantitative estimate of drug-likeness (QED) is 0.677. The van der Waals surface area contributed by atoms with Crippen molar-refractivity contribution >= 4 is 28.1 Å². The molecule has 0 radical (unpaired) electrons. The first-order valence-electron chi connectivity index (χ1n) is 9.91. The average Bonchev–Trinajstić information content (AvgIpc) is 2.98. The van der Waals surface area contributed by atoms with Gasteiger partial charge in [-0.3, -0.25) is 4.79 Å². The third-order valence-electron chi connectivity index (χ3n) is 5.35. The fourth-order valence-electron chi connectivity index (χ4n) is 3.91. The smallest absolute Gasteiger partial charge is 0.228 e. The van der Waals surface area contributed by atoms with Gasteiger partial charge in [0.25, 0.3) is 0 Å². The molecule has 1 amide bonds. The lowest BCUT2D eigenvalue weighted by molar-refractivity contribution is -0.115. The minimum absolute atomic E-state index is 0.0221. The zero-order valence-corrected chi connectivity index (χ0v) is 15.7. The summed E-state index contributed by atoms with van der Waals surface area (Å²) in [5.41, 5.74) is 3.18. The Morgan fingerprint density at radius 2 is 1.52 bits per heavy atom. The maximum Gasteiger partial charge on any atom is 0.228 e. The van der Waals surface area contributed by atoms with Gasteiger partial charge in [0.05, 0.1) is 6.42 Å². The minimum Gasteiger partial charge on any atom is -0.372 e. The third-order valence-corrected chi connectivity index (χ3v) is 5.35. The Labute approximate surface area is 161 Å². The maximum absolute atomic E-state index is 12.5. The Bertz CT molecular complexity index is 904. The molecule has 0 bridgehead atoms. The molecule has 1 fully saturated rings. The normalized spacial score (nSPS) is 14.7. The number of nitrogens with zero attached hydrogens (tertiary/aromatic N) is 1. The van der Waals surface area contributed by atoms with Crippen molar-refractivity contribution in [3.63, 3.8) is 0 Å². The van der Waals surface area contributed by atoms with Gasteiger partial charge in [0, 0.05) is 24.5 Å². The Morgan fingerprint density at radius 1 is 0.815 bits per heavy atom. The summed E-state index contributed by atoms with van der Waals surface area (Å²) in [4.78, 5) is 15.0. The minimum atomic E-state index is 0.0221. The van der Waals surface area contributed by atoms with E-state index in [4.69, 9.17) is 0 Å². The summed E-state index contributed by atoms with van der Waals surface area (Å²) in [6.07, 6.45) is 5.58. The molecule has 1 aliphatic heterocycles. The van der Waals surface area contributed by atoms with Crippen LogP contribution in [0.3, 0.4) is 0 Å². The summed E-state index contributed by atoms with van der Waals surface area (Å²) < 4.78 is 0. The number of benzene rings is 3. The SMILES string of the molecule is O=C(Cc1cccc2ccccc12)Nc1ccc(N2CCCCCC2)cc1. The number of rotatable bonds is 4. The van der Waals surface area contributed by atoms with Crippen molar-refractivity contribution in [1.29, 1.82) is 0 Å². The molecular weight excluding hydrogens is 332 g/mol. The molecule has 138 valence electrons. The largest absolute Gasteiger partial charge is 0.372 e. The summed E-state index contributed by atoms with van der Waals surface area (Å²) in [6.45, 7) is 2.26. The van der Waals surface area contributed by atoms with Gasteiger partial charge in [0.1, 0.15) is 0 Å². The molecule has 0 atom stereocenters. The van der Waals surface area contributed by atoms with Gasteiger partial charge >= 0.3 is 0 Å². The maximum atomic E-state index is 12.5. The molecule has 3 nitrogen and oxygen atoms in total. The van der Waals surface area contributed by atoms with Crippen molar-refractivity contribution < 1.29 is 4.79 Å². The van der Waals surface area contributed by atoms with Gasteiger partial charge in [-0.1, -0.05) is 55.3 Å². The van der Waals surface area contributed by atoms with Crippen molar-refractivity contribution in [2.45, 2.75) is 32.1 Å².